The number of oxime groups is 1. The van der Waals surface area contributed by atoms with Crippen LogP contribution in [0.5, 0.6) is 0 Å². The fourth-order valence-corrected chi connectivity index (χ4v) is 4.15. The molecule has 1 aromatic rings. The molecular weight excluding hydrogens is 390 g/mol. The molecule has 0 N–H and O–H groups in total. The molecule has 0 aliphatic carbocycles. The predicted molar refractivity (Wildman–Crippen MR) is 82.7 cm³/mol. The monoisotopic (exact) mass is 405 g/mol. The summed E-state index contributed by atoms with van der Waals surface area (Å²) in [4.78, 5) is 5.10. The Kier molecular flexibility index (Phi) is 5.67. The lowest BCUT2D eigenvalue weighted by Crippen LogP contribution is -2.26. The molecule has 0 saturated carbocycles. The van der Waals surface area contributed by atoms with Gasteiger partial charge in [0.2, 0.25) is 0 Å². The summed E-state index contributed by atoms with van der Waals surface area (Å²) in [7, 11) is -4.12. The smallest absolute Gasteiger partial charge is 0.280 e. The van der Waals surface area contributed by atoms with Crippen LogP contribution >= 0.6 is 11.6 Å². The van der Waals surface area contributed by atoms with Crippen LogP contribution in [0.2, 0.25) is 5.15 Å². The molecule has 1 unspecified atom stereocenters. The van der Waals surface area contributed by atoms with Crippen molar-refractivity contribution in [2.45, 2.75) is 57.4 Å². The number of hydrogen-bond acceptors (Lipinski definition) is 5. The summed E-state index contributed by atoms with van der Waals surface area (Å²) in [6.07, 6.45) is -5.69. The number of nitrogens with zero attached hydrogens (tertiary/aromatic N) is 3. The van der Waals surface area contributed by atoms with Gasteiger partial charge in [-0.2, -0.15) is 5.10 Å². The number of aromatic nitrogens is 2. The van der Waals surface area contributed by atoms with Crippen LogP contribution in [0, 0.1) is 0 Å². The molecule has 0 amide bonds. The van der Waals surface area contributed by atoms with Gasteiger partial charge in [0.25, 0.3) is 12.9 Å². The lowest BCUT2D eigenvalue weighted by molar-refractivity contribution is -0.00605. The minimum Gasteiger partial charge on any atom is -0.388 e. The molecular formula is C13H16ClF4N3O3S. The summed E-state index contributed by atoms with van der Waals surface area (Å²) in [6.45, 7) is 2.33. The van der Waals surface area contributed by atoms with Crippen molar-refractivity contribution in [3.63, 3.8) is 0 Å². The van der Waals surface area contributed by atoms with Crippen LogP contribution in [0.15, 0.2) is 5.16 Å². The van der Waals surface area contributed by atoms with E-state index in [4.69, 9.17) is 16.4 Å². The molecule has 0 aromatic carbocycles. The van der Waals surface area contributed by atoms with Gasteiger partial charge < -0.3 is 4.84 Å². The Morgan fingerprint density at radius 2 is 2.00 bits per heavy atom. The lowest BCUT2D eigenvalue weighted by atomic mass is 10.0. The number of halogens is 5. The highest BCUT2D eigenvalue weighted by atomic mass is 35.5. The summed E-state index contributed by atoms with van der Waals surface area (Å²) < 4.78 is 76.8. The maximum atomic E-state index is 13.3. The van der Waals surface area contributed by atoms with Gasteiger partial charge >= 0.3 is 0 Å². The molecule has 0 spiro atoms. The van der Waals surface area contributed by atoms with Gasteiger partial charge in [0.15, 0.2) is 20.0 Å². The Bertz CT molecular complexity index is 782. The third-order valence-electron chi connectivity index (χ3n) is 3.90. The van der Waals surface area contributed by atoms with E-state index in [9.17, 15) is 26.0 Å². The third-order valence-corrected chi connectivity index (χ3v) is 5.81. The Labute approximate surface area is 146 Å². The summed E-state index contributed by atoms with van der Waals surface area (Å²) in [5, 5.41) is 6.10. The van der Waals surface area contributed by atoms with Gasteiger partial charge in [-0.05, 0) is 13.3 Å². The Morgan fingerprint density at radius 1 is 1.36 bits per heavy atom. The zero-order valence-corrected chi connectivity index (χ0v) is 14.9. The highest BCUT2D eigenvalue weighted by molar-refractivity contribution is 8.05. The normalized spacial score (nSPS) is 21.1. The van der Waals surface area contributed by atoms with Crippen molar-refractivity contribution in [2.24, 2.45) is 5.16 Å². The van der Waals surface area contributed by atoms with Gasteiger partial charge in [0.05, 0.1) is 5.75 Å². The second-order valence-electron chi connectivity index (χ2n) is 5.84. The molecule has 142 valence electrons. The number of rotatable bonds is 6. The largest absolute Gasteiger partial charge is 0.388 e. The second-order valence-corrected chi connectivity index (χ2v) is 8.19. The molecule has 1 aliphatic rings. The van der Waals surface area contributed by atoms with Crippen molar-refractivity contribution in [2.75, 3.05) is 0 Å². The molecule has 1 atom stereocenters. The lowest BCUT2D eigenvalue weighted by Gasteiger charge is -2.18. The van der Waals surface area contributed by atoms with Crippen molar-refractivity contribution in [3.8, 4) is 0 Å². The van der Waals surface area contributed by atoms with E-state index in [1.807, 2.05) is 0 Å². The van der Waals surface area contributed by atoms with Crippen LogP contribution in [0.4, 0.5) is 17.6 Å². The first-order valence-corrected chi connectivity index (χ1v) is 9.31. The quantitative estimate of drug-likeness (QED) is 0.678. The number of hydrogen-bond donors (Lipinski definition) is 0. The molecule has 0 bridgehead atoms. The molecule has 1 aliphatic heterocycles. The molecule has 0 fully saturated rings. The average molecular weight is 406 g/mol. The molecule has 1 aromatic heterocycles. The molecule has 0 saturated heterocycles. The van der Waals surface area contributed by atoms with E-state index in [1.54, 1.807) is 13.8 Å². The standard InChI is InChI=1S/C13H16ClF4N3O3S/c1-3-13(2)4-9(20-24-13)25(22,23)6-7-10(12(17)18)21(5-8(15)16)19-11(7)14/h8,12H,3-6H2,1-2H3. The first kappa shape index (κ1) is 20.0. The van der Waals surface area contributed by atoms with Crippen molar-refractivity contribution >= 4 is 26.5 Å². The van der Waals surface area contributed by atoms with Gasteiger partial charge in [-0.3, -0.25) is 4.68 Å². The average Bonchev–Trinajstić information content (AvgIpc) is 3.01. The van der Waals surface area contributed by atoms with E-state index in [0.717, 1.165) is 0 Å². The van der Waals surface area contributed by atoms with Crippen LogP contribution in [0.3, 0.4) is 0 Å². The van der Waals surface area contributed by atoms with Crippen LogP contribution in [-0.2, 0) is 27.0 Å². The van der Waals surface area contributed by atoms with E-state index in [0.29, 0.717) is 11.1 Å². The van der Waals surface area contributed by atoms with Crippen molar-refractivity contribution in [3.05, 3.63) is 16.4 Å². The van der Waals surface area contributed by atoms with Gasteiger partial charge in [-0.1, -0.05) is 23.7 Å². The van der Waals surface area contributed by atoms with E-state index in [2.05, 4.69) is 10.3 Å². The topological polar surface area (TPSA) is 73.5 Å². The molecule has 2 heterocycles. The minimum atomic E-state index is -4.12. The van der Waals surface area contributed by atoms with Crippen LogP contribution in [0.1, 0.15) is 44.4 Å². The highest BCUT2D eigenvalue weighted by Crippen LogP contribution is 2.33. The van der Waals surface area contributed by atoms with Crippen LogP contribution < -0.4 is 0 Å². The fourth-order valence-electron chi connectivity index (χ4n) is 2.30. The van der Waals surface area contributed by atoms with E-state index in [-0.39, 0.29) is 11.5 Å². The Morgan fingerprint density at radius 3 is 2.48 bits per heavy atom. The van der Waals surface area contributed by atoms with Gasteiger partial charge in [0, 0.05) is 12.0 Å². The fraction of sp³-hybridized carbons (Fsp3) is 0.692. The van der Waals surface area contributed by atoms with Gasteiger partial charge in [-0.25, -0.2) is 26.0 Å². The first-order chi connectivity index (χ1) is 11.5. The van der Waals surface area contributed by atoms with Gasteiger partial charge in [-0.15, -0.1) is 0 Å². The van der Waals surface area contributed by atoms with Crippen molar-refractivity contribution in [1.82, 2.24) is 9.78 Å². The maximum absolute atomic E-state index is 13.3. The Balaban J connectivity index is 2.35. The zero-order valence-electron chi connectivity index (χ0n) is 13.3. The molecule has 6 nitrogen and oxygen atoms in total. The summed E-state index contributed by atoms with van der Waals surface area (Å²) in [5.74, 6) is -0.920. The molecule has 0 radical (unpaired) electrons. The van der Waals surface area contributed by atoms with E-state index >= 15 is 0 Å². The first-order valence-electron chi connectivity index (χ1n) is 7.28. The van der Waals surface area contributed by atoms with Crippen molar-refractivity contribution in [1.29, 1.82) is 0 Å². The summed E-state index contributed by atoms with van der Waals surface area (Å²) in [5.41, 5.74) is -2.24. The number of sulfone groups is 1. The zero-order chi connectivity index (χ0) is 19.0. The number of alkyl halides is 4. The van der Waals surface area contributed by atoms with Crippen molar-refractivity contribution < 1.29 is 30.8 Å². The second kappa shape index (κ2) is 7.10. The molecule has 25 heavy (non-hydrogen) atoms. The van der Waals surface area contributed by atoms with E-state index < -0.39 is 57.0 Å². The SMILES string of the molecule is CCC1(C)CC(S(=O)(=O)Cc2c(Cl)nn(CC(F)F)c2C(F)F)=NO1. The summed E-state index contributed by atoms with van der Waals surface area (Å²) in [6, 6.07) is 0. The van der Waals surface area contributed by atoms with Crippen LogP contribution in [0.25, 0.3) is 0 Å². The van der Waals surface area contributed by atoms with E-state index in [1.165, 1.54) is 0 Å². The molecule has 12 heteroatoms. The predicted octanol–water partition coefficient (Wildman–Crippen LogP) is 3.56. The third kappa shape index (κ3) is 4.25. The van der Waals surface area contributed by atoms with Gasteiger partial charge in [0.1, 0.15) is 17.8 Å². The van der Waals surface area contributed by atoms with Crippen LogP contribution in [-0.4, -0.2) is 35.3 Å². The minimum absolute atomic E-state index is 0.0152. The molecule has 2 rings (SSSR count). The Hall–Kier alpha value is -1.36. The highest BCUT2D eigenvalue weighted by Gasteiger charge is 2.39. The maximum Gasteiger partial charge on any atom is 0.280 e. The summed E-state index contributed by atoms with van der Waals surface area (Å²) >= 11 is 5.73.